The van der Waals surface area contributed by atoms with Crippen LogP contribution in [0.5, 0.6) is 0 Å². The smallest absolute Gasteiger partial charge is 0.329 e. The van der Waals surface area contributed by atoms with E-state index in [0.29, 0.717) is 31.8 Å². The molecule has 2 saturated carbocycles. The van der Waals surface area contributed by atoms with E-state index in [0.717, 1.165) is 55.5 Å². The van der Waals surface area contributed by atoms with Crippen LogP contribution in [0.2, 0.25) is 0 Å². The number of nitrogens with one attached hydrogen (secondary N) is 1. The Morgan fingerprint density at radius 1 is 1.12 bits per heavy atom. The molecule has 1 heterocycles. The summed E-state index contributed by atoms with van der Waals surface area (Å²) in [5.41, 5.74) is 1.77. The lowest BCUT2D eigenvalue weighted by atomic mass is 9.80. The van der Waals surface area contributed by atoms with Gasteiger partial charge in [-0.25, -0.2) is 9.78 Å². The molecule has 0 aliphatic heterocycles. The number of rotatable bonds is 7. The number of oxazole rings is 1. The minimum atomic E-state index is -1.10. The largest absolute Gasteiger partial charge is 0.480 e. The highest BCUT2D eigenvalue weighted by molar-refractivity contribution is 5.88. The molecule has 1 aromatic heterocycles. The summed E-state index contributed by atoms with van der Waals surface area (Å²) in [4.78, 5) is 29.5. The average molecular weight is 455 g/mol. The molecule has 7 nitrogen and oxygen atoms in total. The Balaban J connectivity index is 1.34. The maximum absolute atomic E-state index is 13.0. The van der Waals surface area contributed by atoms with Crippen LogP contribution in [0.25, 0.3) is 11.5 Å². The van der Waals surface area contributed by atoms with Crippen molar-refractivity contribution in [3.63, 3.8) is 0 Å². The SMILES string of the molecule is Cc1ccc(-c2nc(COC3CCCC(C(=O)NC4(C(=O)O)CCCCC4)C3)c(C)o2)cc1. The van der Waals surface area contributed by atoms with Crippen molar-refractivity contribution in [2.45, 2.75) is 89.9 Å². The van der Waals surface area contributed by atoms with Crippen LogP contribution < -0.4 is 5.32 Å². The maximum Gasteiger partial charge on any atom is 0.329 e. The minimum Gasteiger partial charge on any atom is -0.480 e. The molecule has 2 aliphatic carbocycles. The second kappa shape index (κ2) is 10.1. The molecule has 1 aromatic carbocycles. The van der Waals surface area contributed by atoms with E-state index in [-0.39, 0.29) is 17.9 Å². The lowest BCUT2D eigenvalue weighted by molar-refractivity contribution is -0.150. The summed E-state index contributed by atoms with van der Waals surface area (Å²) in [6.07, 6.45) is 6.80. The Morgan fingerprint density at radius 2 is 1.85 bits per heavy atom. The summed E-state index contributed by atoms with van der Waals surface area (Å²) in [5, 5.41) is 12.7. The number of benzene rings is 1. The topological polar surface area (TPSA) is 102 Å². The van der Waals surface area contributed by atoms with Gasteiger partial charge in [0.15, 0.2) is 0 Å². The fourth-order valence-electron chi connectivity index (χ4n) is 5.00. The highest BCUT2D eigenvalue weighted by Crippen LogP contribution is 2.32. The molecule has 7 heteroatoms. The third kappa shape index (κ3) is 5.46. The number of aliphatic carboxylic acids is 1. The van der Waals surface area contributed by atoms with Crippen LogP contribution in [0, 0.1) is 19.8 Å². The molecule has 2 atom stereocenters. The Kier molecular flexibility index (Phi) is 7.17. The molecule has 2 N–H and O–H groups in total. The summed E-state index contributed by atoms with van der Waals surface area (Å²) < 4.78 is 12.0. The predicted molar refractivity (Wildman–Crippen MR) is 124 cm³/mol. The molecule has 2 aliphatic rings. The van der Waals surface area contributed by atoms with E-state index in [1.165, 1.54) is 5.56 Å². The van der Waals surface area contributed by atoms with Gasteiger partial charge in [0.1, 0.15) is 17.0 Å². The van der Waals surface area contributed by atoms with Crippen LogP contribution in [-0.4, -0.2) is 33.6 Å². The first kappa shape index (κ1) is 23.5. The number of carboxylic acid groups (broad SMARTS) is 1. The molecule has 2 unspecified atom stereocenters. The van der Waals surface area contributed by atoms with Crippen LogP contribution in [-0.2, 0) is 20.9 Å². The molecule has 33 heavy (non-hydrogen) atoms. The zero-order valence-corrected chi connectivity index (χ0v) is 19.6. The summed E-state index contributed by atoms with van der Waals surface area (Å²) in [7, 11) is 0. The van der Waals surface area contributed by atoms with Crippen molar-refractivity contribution in [2.24, 2.45) is 5.92 Å². The van der Waals surface area contributed by atoms with Gasteiger partial charge < -0.3 is 19.6 Å². The number of aromatic nitrogens is 1. The van der Waals surface area contributed by atoms with Crippen molar-refractivity contribution in [1.82, 2.24) is 10.3 Å². The van der Waals surface area contributed by atoms with E-state index in [1.807, 2.05) is 38.1 Å². The molecule has 0 radical (unpaired) electrons. The second-order valence-corrected chi connectivity index (χ2v) is 9.62. The summed E-state index contributed by atoms with van der Waals surface area (Å²) in [5.74, 6) is 0.0372. The zero-order chi connectivity index (χ0) is 23.4. The maximum atomic E-state index is 13.0. The number of carbonyl (C=O) groups excluding carboxylic acids is 1. The van der Waals surface area contributed by atoms with E-state index in [2.05, 4.69) is 10.3 Å². The number of nitrogens with zero attached hydrogens (tertiary/aromatic N) is 1. The first-order valence-electron chi connectivity index (χ1n) is 12.1. The number of carbonyl (C=O) groups is 2. The molecule has 2 aromatic rings. The van der Waals surface area contributed by atoms with Crippen molar-refractivity contribution in [3.05, 3.63) is 41.3 Å². The Labute approximate surface area is 194 Å². The summed E-state index contributed by atoms with van der Waals surface area (Å²) >= 11 is 0. The van der Waals surface area contributed by atoms with Gasteiger partial charge in [-0.3, -0.25) is 4.79 Å². The molecule has 1 amide bonds. The molecular formula is C26H34N2O5. The first-order chi connectivity index (χ1) is 15.9. The van der Waals surface area contributed by atoms with Crippen molar-refractivity contribution in [2.75, 3.05) is 0 Å². The van der Waals surface area contributed by atoms with Gasteiger partial charge in [-0.2, -0.15) is 0 Å². The molecule has 4 rings (SSSR count). The van der Waals surface area contributed by atoms with E-state index in [9.17, 15) is 14.7 Å². The highest BCUT2D eigenvalue weighted by atomic mass is 16.5. The number of aryl methyl sites for hydroxylation is 2. The normalized spacial score (nSPS) is 22.6. The number of hydrogen-bond donors (Lipinski definition) is 2. The third-order valence-electron chi connectivity index (χ3n) is 7.12. The average Bonchev–Trinajstić information content (AvgIpc) is 3.19. The molecule has 178 valence electrons. The monoisotopic (exact) mass is 454 g/mol. The Bertz CT molecular complexity index is 975. The van der Waals surface area contributed by atoms with Crippen molar-refractivity contribution in [1.29, 1.82) is 0 Å². The van der Waals surface area contributed by atoms with Crippen LogP contribution in [0.3, 0.4) is 0 Å². The van der Waals surface area contributed by atoms with E-state index >= 15 is 0 Å². The van der Waals surface area contributed by atoms with Crippen LogP contribution in [0.1, 0.15) is 74.8 Å². The molecule has 0 bridgehead atoms. The molecule has 2 fully saturated rings. The van der Waals surface area contributed by atoms with Crippen LogP contribution >= 0.6 is 0 Å². The summed E-state index contributed by atoms with van der Waals surface area (Å²) in [6, 6.07) is 8.04. The van der Waals surface area contributed by atoms with Gasteiger partial charge in [0, 0.05) is 11.5 Å². The van der Waals surface area contributed by atoms with Crippen LogP contribution in [0.4, 0.5) is 0 Å². The van der Waals surface area contributed by atoms with Gasteiger partial charge in [0.25, 0.3) is 0 Å². The second-order valence-electron chi connectivity index (χ2n) is 9.62. The van der Waals surface area contributed by atoms with Gasteiger partial charge in [-0.05, 0) is 58.1 Å². The van der Waals surface area contributed by atoms with E-state index in [4.69, 9.17) is 9.15 Å². The van der Waals surface area contributed by atoms with Gasteiger partial charge in [-0.1, -0.05) is 43.4 Å². The summed E-state index contributed by atoms with van der Waals surface area (Å²) in [6.45, 7) is 4.26. The highest BCUT2D eigenvalue weighted by Gasteiger charge is 2.42. The van der Waals surface area contributed by atoms with Gasteiger partial charge in [0.05, 0.1) is 12.7 Å². The van der Waals surface area contributed by atoms with E-state index in [1.54, 1.807) is 0 Å². The lowest BCUT2D eigenvalue weighted by Gasteiger charge is -2.36. The van der Waals surface area contributed by atoms with Crippen molar-refractivity contribution < 1.29 is 23.8 Å². The lowest BCUT2D eigenvalue weighted by Crippen LogP contribution is -2.57. The predicted octanol–water partition coefficient (Wildman–Crippen LogP) is 4.94. The molecule has 0 spiro atoms. The van der Waals surface area contributed by atoms with Gasteiger partial charge >= 0.3 is 5.97 Å². The number of amides is 1. The van der Waals surface area contributed by atoms with Crippen molar-refractivity contribution in [3.8, 4) is 11.5 Å². The number of ether oxygens (including phenoxy) is 1. The Hall–Kier alpha value is -2.67. The fourth-order valence-corrected chi connectivity index (χ4v) is 5.00. The van der Waals surface area contributed by atoms with E-state index < -0.39 is 11.5 Å². The quantitative estimate of drug-likeness (QED) is 0.615. The Morgan fingerprint density at radius 3 is 2.55 bits per heavy atom. The van der Waals surface area contributed by atoms with Gasteiger partial charge in [0.2, 0.25) is 11.8 Å². The van der Waals surface area contributed by atoms with Crippen molar-refractivity contribution >= 4 is 11.9 Å². The third-order valence-corrected chi connectivity index (χ3v) is 7.12. The first-order valence-corrected chi connectivity index (χ1v) is 12.1. The minimum absolute atomic E-state index is 0.0550. The van der Waals surface area contributed by atoms with Gasteiger partial charge in [-0.15, -0.1) is 0 Å². The zero-order valence-electron chi connectivity index (χ0n) is 19.6. The standard InChI is InChI=1S/C26H34N2O5/c1-17-9-11-19(12-10-17)24-27-22(18(2)33-24)16-32-21-8-6-7-20(15-21)23(29)28-26(25(30)31)13-4-3-5-14-26/h9-12,20-21H,3-8,13-16H2,1-2H3,(H,28,29)(H,30,31). The molecule has 0 saturated heterocycles. The number of carboxylic acids is 1. The fraction of sp³-hybridized carbons (Fsp3) is 0.577. The molecular weight excluding hydrogens is 420 g/mol. The number of hydrogen-bond acceptors (Lipinski definition) is 5. The van der Waals surface area contributed by atoms with Crippen LogP contribution in [0.15, 0.2) is 28.7 Å².